The van der Waals surface area contributed by atoms with Gasteiger partial charge in [0.2, 0.25) is 5.88 Å². The fraction of sp³-hybridized carbons (Fsp3) is 0.357. The van der Waals surface area contributed by atoms with Crippen LogP contribution in [0.15, 0.2) is 53.3 Å². The number of amides is 1. The van der Waals surface area contributed by atoms with Gasteiger partial charge < -0.3 is 24.2 Å². The molecule has 1 saturated heterocycles. The van der Waals surface area contributed by atoms with E-state index in [-0.39, 0.29) is 30.0 Å². The molecule has 8 nitrogen and oxygen atoms in total. The average molecular weight is 509 g/mol. The second-order valence-electron chi connectivity index (χ2n) is 9.34. The van der Waals surface area contributed by atoms with Crippen molar-refractivity contribution in [3.05, 3.63) is 81.4 Å². The number of methoxy groups -OCH3 is 2. The smallest absolute Gasteiger partial charge is 0.263 e. The van der Waals surface area contributed by atoms with E-state index in [2.05, 4.69) is 0 Å². The fourth-order valence-electron chi connectivity index (χ4n) is 4.80. The predicted molar refractivity (Wildman–Crippen MR) is 134 cm³/mol. The summed E-state index contributed by atoms with van der Waals surface area (Å²) >= 11 is 0. The number of hydrogen-bond acceptors (Lipinski definition) is 6. The SMILES string of the molecule is COc1cccc(OC)c1-n1c(COC2CC2)cc(=O)c(C(=O)N2CCC(c3ccc(F)cc3)C2)c1O. The number of aromatic nitrogens is 1. The van der Waals surface area contributed by atoms with Crippen molar-refractivity contribution in [1.29, 1.82) is 0 Å². The highest BCUT2D eigenvalue weighted by Crippen LogP contribution is 2.38. The first-order valence-corrected chi connectivity index (χ1v) is 12.3. The fourth-order valence-corrected chi connectivity index (χ4v) is 4.80. The van der Waals surface area contributed by atoms with Crippen LogP contribution in [0.25, 0.3) is 5.69 Å². The molecule has 2 heterocycles. The monoisotopic (exact) mass is 508 g/mol. The van der Waals surface area contributed by atoms with E-state index in [9.17, 15) is 19.1 Å². The minimum Gasteiger partial charge on any atom is -0.494 e. The number of benzene rings is 2. The molecule has 1 N–H and O–H groups in total. The van der Waals surface area contributed by atoms with Gasteiger partial charge in [-0.05, 0) is 49.1 Å². The van der Waals surface area contributed by atoms with E-state index in [1.807, 2.05) is 0 Å². The molecule has 1 amide bonds. The van der Waals surface area contributed by atoms with Crippen LogP contribution in [0.3, 0.4) is 0 Å². The van der Waals surface area contributed by atoms with Crippen molar-refractivity contribution in [3.63, 3.8) is 0 Å². The van der Waals surface area contributed by atoms with Crippen LogP contribution in [0.2, 0.25) is 0 Å². The Hall–Kier alpha value is -3.85. The lowest BCUT2D eigenvalue weighted by Gasteiger charge is -2.23. The molecule has 0 bridgehead atoms. The number of carbonyl (C=O) groups excluding carboxylic acids is 1. The van der Waals surface area contributed by atoms with E-state index in [4.69, 9.17) is 14.2 Å². The first-order chi connectivity index (χ1) is 17.9. The molecule has 2 aromatic carbocycles. The molecule has 194 valence electrons. The number of aromatic hydroxyl groups is 1. The first-order valence-electron chi connectivity index (χ1n) is 12.3. The summed E-state index contributed by atoms with van der Waals surface area (Å²) < 4.78 is 31.7. The van der Waals surface area contributed by atoms with Gasteiger partial charge in [0.25, 0.3) is 5.91 Å². The zero-order valence-corrected chi connectivity index (χ0v) is 20.8. The molecule has 3 aromatic rings. The van der Waals surface area contributed by atoms with Gasteiger partial charge in [-0.2, -0.15) is 0 Å². The van der Waals surface area contributed by atoms with Crippen LogP contribution in [0.5, 0.6) is 17.4 Å². The van der Waals surface area contributed by atoms with E-state index in [0.29, 0.717) is 42.4 Å². The highest BCUT2D eigenvalue weighted by atomic mass is 19.1. The Labute approximate surface area is 213 Å². The van der Waals surface area contributed by atoms with Crippen molar-refractivity contribution >= 4 is 5.91 Å². The normalized spacial score (nSPS) is 17.2. The van der Waals surface area contributed by atoms with Gasteiger partial charge in [-0.25, -0.2) is 4.39 Å². The van der Waals surface area contributed by atoms with Crippen LogP contribution < -0.4 is 14.9 Å². The lowest BCUT2D eigenvalue weighted by atomic mass is 9.98. The van der Waals surface area contributed by atoms with E-state index in [1.54, 1.807) is 35.2 Å². The number of carbonyl (C=O) groups is 1. The molecule has 1 saturated carbocycles. The third-order valence-corrected chi connectivity index (χ3v) is 6.91. The summed E-state index contributed by atoms with van der Waals surface area (Å²) in [5.41, 5.74) is 0.734. The number of likely N-dealkylation sites (tertiary alicyclic amines) is 1. The van der Waals surface area contributed by atoms with Gasteiger partial charge in [-0.1, -0.05) is 18.2 Å². The van der Waals surface area contributed by atoms with Crippen molar-refractivity contribution in [2.45, 2.75) is 37.9 Å². The van der Waals surface area contributed by atoms with E-state index < -0.39 is 17.2 Å². The van der Waals surface area contributed by atoms with E-state index >= 15 is 0 Å². The topological polar surface area (TPSA) is 90.2 Å². The standard InChI is InChI=1S/C28H29FN2O6/c1-35-23-4-3-5-24(36-2)26(23)31-20(16-37-21-10-11-21)14-22(32)25(28(31)34)27(33)30-13-12-18(15-30)17-6-8-19(29)9-7-17/h3-9,14,18,21,34H,10-13,15-16H2,1-2H3. The Morgan fingerprint density at radius 2 is 1.73 bits per heavy atom. The number of ether oxygens (including phenoxy) is 3. The highest BCUT2D eigenvalue weighted by Gasteiger charge is 2.33. The van der Waals surface area contributed by atoms with Crippen LogP contribution in [-0.2, 0) is 11.3 Å². The van der Waals surface area contributed by atoms with Gasteiger partial charge in [0.15, 0.2) is 5.43 Å². The van der Waals surface area contributed by atoms with Crippen molar-refractivity contribution in [3.8, 4) is 23.1 Å². The molecule has 1 aromatic heterocycles. The minimum atomic E-state index is -0.591. The summed E-state index contributed by atoms with van der Waals surface area (Å²) in [6.45, 7) is 0.831. The molecular weight excluding hydrogens is 479 g/mol. The number of nitrogens with zero attached hydrogens (tertiary/aromatic N) is 2. The van der Waals surface area contributed by atoms with E-state index in [0.717, 1.165) is 18.4 Å². The largest absolute Gasteiger partial charge is 0.494 e. The Bertz CT molecular complexity index is 1340. The third-order valence-electron chi connectivity index (χ3n) is 6.91. The summed E-state index contributed by atoms with van der Waals surface area (Å²) in [6, 6.07) is 12.7. The van der Waals surface area contributed by atoms with Crippen LogP contribution in [-0.4, -0.2) is 53.9 Å². The minimum absolute atomic E-state index is 0.00875. The molecule has 2 aliphatic rings. The number of pyridine rings is 1. The van der Waals surface area contributed by atoms with Crippen LogP contribution >= 0.6 is 0 Å². The maximum Gasteiger partial charge on any atom is 0.263 e. The Kier molecular flexibility index (Phi) is 6.88. The van der Waals surface area contributed by atoms with Gasteiger partial charge in [0.05, 0.1) is 32.6 Å². The van der Waals surface area contributed by atoms with Crippen LogP contribution in [0.1, 0.15) is 46.8 Å². The maximum atomic E-state index is 13.6. The molecule has 0 spiro atoms. The summed E-state index contributed by atoms with van der Waals surface area (Å²) in [4.78, 5) is 28.4. The van der Waals surface area contributed by atoms with Gasteiger partial charge in [0, 0.05) is 25.1 Å². The first kappa shape index (κ1) is 24.8. The number of halogens is 1. The van der Waals surface area contributed by atoms with Crippen molar-refractivity contribution in [2.75, 3.05) is 27.3 Å². The Morgan fingerprint density at radius 1 is 1.05 bits per heavy atom. The van der Waals surface area contributed by atoms with Gasteiger partial charge in [0.1, 0.15) is 28.6 Å². The molecule has 1 aliphatic carbocycles. The molecule has 1 unspecified atom stereocenters. The lowest BCUT2D eigenvalue weighted by molar-refractivity contribution is 0.0783. The molecule has 2 fully saturated rings. The van der Waals surface area contributed by atoms with Gasteiger partial charge >= 0.3 is 0 Å². The zero-order chi connectivity index (χ0) is 26.1. The second-order valence-corrected chi connectivity index (χ2v) is 9.34. The Morgan fingerprint density at radius 3 is 2.35 bits per heavy atom. The van der Waals surface area contributed by atoms with Crippen LogP contribution in [0.4, 0.5) is 4.39 Å². The summed E-state index contributed by atoms with van der Waals surface area (Å²) in [5, 5.41) is 11.5. The van der Waals surface area contributed by atoms with Gasteiger partial charge in [-0.15, -0.1) is 0 Å². The molecular formula is C28H29FN2O6. The molecule has 37 heavy (non-hydrogen) atoms. The molecule has 1 aliphatic heterocycles. The number of para-hydroxylation sites is 1. The molecule has 0 radical (unpaired) electrons. The highest BCUT2D eigenvalue weighted by molar-refractivity contribution is 5.96. The zero-order valence-electron chi connectivity index (χ0n) is 20.8. The third kappa shape index (κ3) is 4.91. The van der Waals surface area contributed by atoms with Gasteiger partial charge in [-0.3, -0.25) is 14.2 Å². The summed E-state index contributed by atoms with van der Waals surface area (Å²) in [5.74, 6) is -0.597. The quantitative estimate of drug-likeness (QED) is 0.495. The van der Waals surface area contributed by atoms with Crippen molar-refractivity contribution in [1.82, 2.24) is 9.47 Å². The van der Waals surface area contributed by atoms with E-state index in [1.165, 1.54) is 37.0 Å². The molecule has 1 atom stereocenters. The number of rotatable bonds is 8. The molecule has 5 rings (SSSR count). The average Bonchev–Trinajstić information content (AvgIpc) is 3.60. The maximum absolute atomic E-state index is 13.6. The second kappa shape index (κ2) is 10.3. The Balaban J connectivity index is 1.55. The lowest BCUT2D eigenvalue weighted by Crippen LogP contribution is -2.33. The summed E-state index contributed by atoms with van der Waals surface area (Å²) in [6.07, 6.45) is 2.66. The summed E-state index contributed by atoms with van der Waals surface area (Å²) in [7, 11) is 2.98. The van der Waals surface area contributed by atoms with Crippen LogP contribution in [0, 0.1) is 5.82 Å². The molecule has 9 heteroatoms. The number of hydrogen-bond donors (Lipinski definition) is 1. The van der Waals surface area contributed by atoms with Crippen molar-refractivity contribution < 1.29 is 28.5 Å². The van der Waals surface area contributed by atoms with Crippen molar-refractivity contribution in [2.24, 2.45) is 0 Å². The predicted octanol–water partition coefficient (Wildman–Crippen LogP) is 4.01.